The third kappa shape index (κ3) is 3.51. The standard InChI is InChI=1S/C18H19Cl2N3O/c1-21-18(24)22-13-5-3-11(4-6-13)15-9-23(2)10-16-14(15)7-12(19)8-17(16)20/h3-8,15H,9-10H2,1-2H3,(H2,21,22,24). The largest absolute Gasteiger partial charge is 0.341 e. The Morgan fingerprint density at radius 3 is 2.58 bits per heavy atom. The van der Waals surface area contributed by atoms with Crippen molar-refractivity contribution in [2.75, 3.05) is 26.0 Å². The summed E-state index contributed by atoms with van der Waals surface area (Å²) in [6.07, 6.45) is 0. The van der Waals surface area contributed by atoms with Gasteiger partial charge < -0.3 is 15.5 Å². The van der Waals surface area contributed by atoms with Crippen LogP contribution in [0.2, 0.25) is 10.0 Å². The maximum atomic E-state index is 11.4. The lowest BCUT2D eigenvalue weighted by atomic mass is 9.85. The Balaban J connectivity index is 1.94. The van der Waals surface area contributed by atoms with Gasteiger partial charge in [0.15, 0.2) is 0 Å². The number of fused-ring (bicyclic) bond motifs is 1. The van der Waals surface area contributed by atoms with E-state index in [-0.39, 0.29) is 11.9 Å². The average molecular weight is 364 g/mol. The van der Waals surface area contributed by atoms with Crippen LogP contribution in [0.1, 0.15) is 22.6 Å². The van der Waals surface area contributed by atoms with E-state index >= 15 is 0 Å². The lowest BCUT2D eigenvalue weighted by Crippen LogP contribution is -2.31. The molecule has 0 fully saturated rings. The van der Waals surface area contributed by atoms with Gasteiger partial charge in [-0.3, -0.25) is 0 Å². The molecular weight excluding hydrogens is 345 g/mol. The van der Waals surface area contributed by atoms with Gasteiger partial charge in [-0.05, 0) is 48.0 Å². The van der Waals surface area contributed by atoms with Crippen molar-refractivity contribution >= 4 is 34.9 Å². The van der Waals surface area contributed by atoms with Crippen LogP contribution < -0.4 is 10.6 Å². The number of hydrogen-bond donors (Lipinski definition) is 2. The van der Waals surface area contributed by atoms with E-state index in [1.807, 2.05) is 30.3 Å². The highest BCUT2D eigenvalue weighted by Crippen LogP contribution is 2.38. The van der Waals surface area contributed by atoms with Crippen LogP contribution in [0.4, 0.5) is 10.5 Å². The molecule has 3 rings (SSSR count). The molecule has 1 atom stereocenters. The van der Waals surface area contributed by atoms with E-state index in [2.05, 4.69) is 22.6 Å². The van der Waals surface area contributed by atoms with Crippen molar-refractivity contribution in [3.05, 3.63) is 63.1 Å². The zero-order chi connectivity index (χ0) is 17.3. The Kier molecular flexibility index (Phi) is 4.99. The molecule has 0 aromatic heterocycles. The molecule has 1 heterocycles. The van der Waals surface area contributed by atoms with E-state index in [9.17, 15) is 4.79 Å². The second-order valence-electron chi connectivity index (χ2n) is 6.03. The zero-order valence-electron chi connectivity index (χ0n) is 13.6. The van der Waals surface area contributed by atoms with Gasteiger partial charge in [0.1, 0.15) is 0 Å². The Morgan fingerprint density at radius 1 is 1.21 bits per heavy atom. The molecule has 1 unspecified atom stereocenters. The lowest BCUT2D eigenvalue weighted by molar-refractivity contribution is 0.254. The second-order valence-corrected chi connectivity index (χ2v) is 6.87. The van der Waals surface area contributed by atoms with Crippen molar-refractivity contribution < 1.29 is 4.79 Å². The number of hydrogen-bond acceptors (Lipinski definition) is 2. The molecule has 1 aliphatic heterocycles. The molecule has 0 radical (unpaired) electrons. The number of benzene rings is 2. The third-order valence-electron chi connectivity index (χ3n) is 4.29. The molecule has 2 aromatic rings. The molecule has 0 spiro atoms. The third-order valence-corrected chi connectivity index (χ3v) is 4.85. The Morgan fingerprint density at radius 2 is 1.92 bits per heavy atom. The van der Waals surface area contributed by atoms with Gasteiger partial charge in [-0.2, -0.15) is 0 Å². The minimum Gasteiger partial charge on any atom is -0.341 e. The summed E-state index contributed by atoms with van der Waals surface area (Å²) < 4.78 is 0. The van der Waals surface area contributed by atoms with Crippen molar-refractivity contribution in [1.82, 2.24) is 10.2 Å². The Labute approximate surface area is 151 Å². The van der Waals surface area contributed by atoms with Crippen LogP contribution in [0.15, 0.2) is 36.4 Å². The summed E-state index contributed by atoms with van der Waals surface area (Å²) in [6.45, 7) is 1.71. The number of urea groups is 1. The average Bonchev–Trinajstić information content (AvgIpc) is 2.55. The van der Waals surface area contributed by atoms with Gasteiger partial charge in [0, 0.05) is 41.8 Å². The van der Waals surface area contributed by atoms with Crippen LogP contribution in [0.5, 0.6) is 0 Å². The van der Waals surface area contributed by atoms with Crippen molar-refractivity contribution in [2.45, 2.75) is 12.5 Å². The first-order valence-corrected chi connectivity index (χ1v) is 8.48. The summed E-state index contributed by atoms with van der Waals surface area (Å²) >= 11 is 12.6. The van der Waals surface area contributed by atoms with Gasteiger partial charge in [0.25, 0.3) is 0 Å². The number of amides is 2. The second kappa shape index (κ2) is 7.01. The van der Waals surface area contributed by atoms with Crippen molar-refractivity contribution in [1.29, 1.82) is 0 Å². The first kappa shape index (κ1) is 17.1. The number of likely N-dealkylation sites (N-methyl/N-ethyl adjacent to an activating group) is 1. The van der Waals surface area contributed by atoms with Crippen molar-refractivity contribution in [3.8, 4) is 0 Å². The van der Waals surface area contributed by atoms with Crippen molar-refractivity contribution in [2.24, 2.45) is 0 Å². The fourth-order valence-electron chi connectivity index (χ4n) is 3.12. The first-order chi connectivity index (χ1) is 11.5. The molecule has 2 N–H and O–H groups in total. The van der Waals surface area contributed by atoms with Crippen LogP contribution in [0, 0.1) is 0 Å². The Bertz CT molecular complexity index is 762. The Hall–Kier alpha value is -1.75. The molecule has 0 aliphatic carbocycles. The minimum absolute atomic E-state index is 0.198. The van der Waals surface area contributed by atoms with Gasteiger partial charge in [0.2, 0.25) is 0 Å². The van der Waals surface area contributed by atoms with E-state index in [1.165, 1.54) is 11.1 Å². The predicted molar refractivity (Wildman–Crippen MR) is 99.2 cm³/mol. The summed E-state index contributed by atoms with van der Waals surface area (Å²) in [5.41, 5.74) is 4.24. The molecule has 126 valence electrons. The number of carbonyl (C=O) groups excluding carboxylic acids is 1. The summed E-state index contributed by atoms with van der Waals surface area (Å²) in [6, 6.07) is 11.5. The highest BCUT2D eigenvalue weighted by Gasteiger charge is 2.27. The number of halogens is 2. The molecular formula is C18H19Cl2N3O. The fraction of sp³-hybridized carbons (Fsp3) is 0.278. The minimum atomic E-state index is -0.232. The van der Waals surface area contributed by atoms with Crippen LogP contribution in [-0.4, -0.2) is 31.6 Å². The van der Waals surface area contributed by atoms with Gasteiger partial charge in [-0.1, -0.05) is 35.3 Å². The van der Waals surface area contributed by atoms with E-state index in [4.69, 9.17) is 23.2 Å². The van der Waals surface area contributed by atoms with E-state index in [1.54, 1.807) is 13.1 Å². The summed E-state index contributed by atoms with van der Waals surface area (Å²) in [5, 5.41) is 6.68. The van der Waals surface area contributed by atoms with E-state index in [0.717, 1.165) is 24.3 Å². The topological polar surface area (TPSA) is 44.4 Å². The summed E-state index contributed by atoms with van der Waals surface area (Å²) in [5.74, 6) is 0.198. The fourth-order valence-corrected chi connectivity index (χ4v) is 3.69. The van der Waals surface area contributed by atoms with Crippen LogP contribution in [0.25, 0.3) is 0 Å². The number of nitrogens with one attached hydrogen (secondary N) is 2. The number of rotatable bonds is 2. The van der Waals surface area contributed by atoms with E-state index in [0.29, 0.717) is 10.0 Å². The molecule has 1 aliphatic rings. The van der Waals surface area contributed by atoms with Gasteiger partial charge in [-0.15, -0.1) is 0 Å². The predicted octanol–water partition coefficient (Wildman–Crippen LogP) is 4.32. The maximum Gasteiger partial charge on any atom is 0.318 e. The van der Waals surface area contributed by atoms with Crippen LogP contribution in [0.3, 0.4) is 0 Å². The molecule has 2 amide bonds. The van der Waals surface area contributed by atoms with Crippen LogP contribution in [-0.2, 0) is 6.54 Å². The molecule has 0 bridgehead atoms. The number of anilines is 1. The maximum absolute atomic E-state index is 11.4. The summed E-state index contributed by atoms with van der Waals surface area (Å²) in [7, 11) is 3.67. The quantitative estimate of drug-likeness (QED) is 0.834. The first-order valence-electron chi connectivity index (χ1n) is 7.73. The highest BCUT2D eigenvalue weighted by atomic mass is 35.5. The molecule has 4 nitrogen and oxygen atoms in total. The molecule has 0 saturated heterocycles. The molecule has 6 heteroatoms. The van der Waals surface area contributed by atoms with Gasteiger partial charge in [-0.25, -0.2) is 4.79 Å². The number of carbonyl (C=O) groups is 1. The highest BCUT2D eigenvalue weighted by molar-refractivity contribution is 6.35. The molecule has 0 saturated carbocycles. The molecule has 2 aromatic carbocycles. The van der Waals surface area contributed by atoms with Crippen molar-refractivity contribution in [3.63, 3.8) is 0 Å². The van der Waals surface area contributed by atoms with Gasteiger partial charge in [0.05, 0.1) is 0 Å². The monoisotopic (exact) mass is 363 g/mol. The SMILES string of the molecule is CNC(=O)Nc1ccc(C2CN(C)Cc3c(Cl)cc(Cl)cc32)cc1. The van der Waals surface area contributed by atoms with E-state index < -0.39 is 0 Å². The lowest BCUT2D eigenvalue weighted by Gasteiger charge is -2.33. The number of nitrogens with zero attached hydrogens (tertiary/aromatic N) is 1. The van der Waals surface area contributed by atoms with Crippen LogP contribution >= 0.6 is 23.2 Å². The zero-order valence-corrected chi connectivity index (χ0v) is 15.1. The smallest absolute Gasteiger partial charge is 0.318 e. The summed E-state index contributed by atoms with van der Waals surface area (Å²) in [4.78, 5) is 13.6. The normalized spacial score (nSPS) is 17.2. The molecule has 24 heavy (non-hydrogen) atoms. The van der Waals surface area contributed by atoms with Gasteiger partial charge >= 0.3 is 6.03 Å².